The Morgan fingerprint density at radius 2 is 2.00 bits per heavy atom. The van der Waals surface area contributed by atoms with E-state index in [4.69, 9.17) is 4.74 Å². The third-order valence-corrected chi connectivity index (χ3v) is 4.59. The van der Waals surface area contributed by atoms with Gasteiger partial charge in [-0.05, 0) is 29.7 Å². The fraction of sp³-hybridized carbons (Fsp3) is 0.562. The van der Waals surface area contributed by atoms with Crippen LogP contribution in [0, 0.1) is 11.8 Å². The molecular formula is C16H22N2O4S. The lowest BCUT2D eigenvalue weighted by Crippen LogP contribution is -2.44. The molecule has 0 unspecified atom stereocenters. The molecule has 0 aliphatic carbocycles. The van der Waals surface area contributed by atoms with E-state index >= 15 is 0 Å². The molecule has 1 aliphatic rings. The Balaban J connectivity index is 1.69. The van der Waals surface area contributed by atoms with Crippen molar-refractivity contribution in [1.82, 2.24) is 10.2 Å². The quantitative estimate of drug-likeness (QED) is 0.826. The normalized spacial score (nSPS) is 20.9. The molecule has 2 rings (SSSR count). The Morgan fingerprint density at radius 1 is 1.30 bits per heavy atom. The third kappa shape index (κ3) is 5.35. The second-order valence-corrected chi connectivity index (χ2v) is 7.01. The van der Waals surface area contributed by atoms with Crippen molar-refractivity contribution < 1.29 is 19.1 Å². The average molecular weight is 338 g/mol. The minimum absolute atomic E-state index is 0.179. The summed E-state index contributed by atoms with van der Waals surface area (Å²) in [5.74, 6) is -0.184. The molecule has 0 bridgehead atoms. The minimum atomic E-state index is -0.610. The first-order valence-electron chi connectivity index (χ1n) is 7.70. The third-order valence-electron chi connectivity index (χ3n) is 3.72. The van der Waals surface area contributed by atoms with Crippen LogP contribution in [0.25, 0.3) is 0 Å². The van der Waals surface area contributed by atoms with Crippen LogP contribution in [0.1, 0.15) is 29.9 Å². The highest BCUT2D eigenvalue weighted by Crippen LogP contribution is 2.20. The van der Waals surface area contributed by atoms with Crippen molar-refractivity contribution in [3.63, 3.8) is 0 Å². The van der Waals surface area contributed by atoms with E-state index in [0.29, 0.717) is 29.8 Å². The Kier molecular flexibility index (Phi) is 6.15. The maximum absolute atomic E-state index is 12.1. The first-order valence-corrected chi connectivity index (χ1v) is 8.58. The van der Waals surface area contributed by atoms with Crippen molar-refractivity contribution in [2.45, 2.75) is 20.3 Å². The molecule has 0 spiro atoms. The molecule has 1 aromatic heterocycles. The Morgan fingerprint density at radius 3 is 2.61 bits per heavy atom. The van der Waals surface area contributed by atoms with Crippen LogP contribution in [-0.2, 0) is 14.3 Å². The van der Waals surface area contributed by atoms with Gasteiger partial charge >= 0.3 is 5.97 Å². The predicted octanol–water partition coefficient (Wildman–Crippen LogP) is 1.53. The SMILES string of the molecule is C[C@@H]1C[C@@H](C)CN(C(=O)COC(=O)CNC(=O)c2cccs2)C1. The molecule has 1 saturated heterocycles. The molecule has 0 saturated carbocycles. The van der Waals surface area contributed by atoms with Crippen molar-refractivity contribution >= 4 is 29.1 Å². The summed E-state index contributed by atoms with van der Waals surface area (Å²) in [5, 5.41) is 4.26. The summed E-state index contributed by atoms with van der Waals surface area (Å²) >= 11 is 1.30. The van der Waals surface area contributed by atoms with E-state index in [1.807, 2.05) is 0 Å². The molecule has 2 heterocycles. The fourth-order valence-corrected chi connectivity index (χ4v) is 3.44. The lowest BCUT2D eigenvalue weighted by molar-refractivity contribution is -0.152. The predicted molar refractivity (Wildman–Crippen MR) is 87.1 cm³/mol. The first-order chi connectivity index (χ1) is 11.0. The molecule has 1 fully saturated rings. The standard InChI is InChI=1S/C16H22N2O4S/c1-11-6-12(2)9-18(8-11)14(19)10-22-15(20)7-17-16(21)13-4-3-5-23-13/h3-5,11-12H,6-10H2,1-2H3,(H,17,21)/t11-,12-/m1/s1. The number of thiophene rings is 1. The van der Waals surface area contributed by atoms with Gasteiger partial charge in [0.15, 0.2) is 6.61 Å². The van der Waals surface area contributed by atoms with Gasteiger partial charge < -0.3 is 15.0 Å². The monoisotopic (exact) mass is 338 g/mol. The number of rotatable bonds is 5. The molecule has 2 amide bonds. The van der Waals surface area contributed by atoms with Crippen LogP contribution in [-0.4, -0.2) is 48.9 Å². The zero-order valence-corrected chi connectivity index (χ0v) is 14.2. The van der Waals surface area contributed by atoms with Crippen molar-refractivity contribution in [2.24, 2.45) is 11.8 Å². The molecule has 0 radical (unpaired) electrons. The van der Waals surface area contributed by atoms with Gasteiger partial charge in [0.2, 0.25) is 0 Å². The Labute approximate surface area is 139 Å². The highest BCUT2D eigenvalue weighted by molar-refractivity contribution is 7.12. The molecule has 1 aromatic rings. The largest absolute Gasteiger partial charge is 0.454 e. The lowest BCUT2D eigenvalue weighted by Gasteiger charge is -2.34. The van der Waals surface area contributed by atoms with Crippen LogP contribution in [0.2, 0.25) is 0 Å². The number of carbonyl (C=O) groups excluding carboxylic acids is 3. The van der Waals surface area contributed by atoms with E-state index in [2.05, 4.69) is 19.2 Å². The Hall–Kier alpha value is -1.89. The van der Waals surface area contributed by atoms with Gasteiger partial charge in [-0.3, -0.25) is 14.4 Å². The van der Waals surface area contributed by atoms with Gasteiger partial charge in [-0.25, -0.2) is 0 Å². The summed E-state index contributed by atoms with van der Waals surface area (Å²) in [5.41, 5.74) is 0. The summed E-state index contributed by atoms with van der Waals surface area (Å²) in [6, 6.07) is 3.44. The van der Waals surface area contributed by atoms with Crippen LogP contribution in [0.4, 0.5) is 0 Å². The Bertz CT molecular complexity index is 548. The second-order valence-electron chi connectivity index (χ2n) is 6.07. The number of carbonyl (C=O) groups is 3. The van der Waals surface area contributed by atoms with Gasteiger partial charge in [0.25, 0.3) is 11.8 Å². The van der Waals surface area contributed by atoms with Gasteiger partial charge in [0.1, 0.15) is 6.54 Å². The number of likely N-dealkylation sites (tertiary alicyclic amines) is 1. The average Bonchev–Trinajstić information content (AvgIpc) is 3.03. The minimum Gasteiger partial charge on any atom is -0.454 e. The summed E-state index contributed by atoms with van der Waals surface area (Å²) in [7, 11) is 0. The van der Waals surface area contributed by atoms with E-state index < -0.39 is 5.97 Å². The summed E-state index contributed by atoms with van der Waals surface area (Å²) in [6.45, 7) is 5.12. The van der Waals surface area contributed by atoms with Crippen LogP contribution in [0.15, 0.2) is 17.5 Å². The highest BCUT2D eigenvalue weighted by atomic mass is 32.1. The number of piperidine rings is 1. The molecule has 0 aromatic carbocycles. The zero-order valence-electron chi connectivity index (χ0n) is 13.4. The van der Waals surface area contributed by atoms with Crippen LogP contribution in [0.5, 0.6) is 0 Å². The lowest BCUT2D eigenvalue weighted by atomic mass is 9.92. The smallest absolute Gasteiger partial charge is 0.325 e. The topological polar surface area (TPSA) is 75.7 Å². The van der Waals surface area contributed by atoms with E-state index in [-0.39, 0.29) is 25.0 Å². The fourth-order valence-electron chi connectivity index (χ4n) is 2.80. The molecule has 1 aliphatic heterocycles. The highest BCUT2D eigenvalue weighted by Gasteiger charge is 2.25. The molecule has 23 heavy (non-hydrogen) atoms. The number of nitrogens with one attached hydrogen (secondary N) is 1. The van der Waals surface area contributed by atoms with Crippen LogP contribution in [0.3, 0.4) is 0 Å². The molecular weight excluding hydrogens is 316 g/mol. The van der Waals surface area contributed by atoms with E-state index in [9.17, 15) is 14.4 Å². The van der Waals surface area contributed by atoms with E-state index in [0.717, 1.165) is 6.42 Å². The van der Waals surface area contributed by atoms with Gasteiger partial charge in [0, 0.05) is 13.1 Å². The van der Waals surface area contributed by atoms with Crippen LogP contribution < -0.4 is 5.32 Å². The van der Waals surface area contributed by atoms with Gasteiger partial charge in [-0.15, -0.1) is 11.3 Å². The maximum atomic E-state index is 12.1. The van der Waals surface area contributed by atoms with E-state index in [1.165, 1.54) is 11.3 Å². The molecule has 1 N–H and O–H groups in total. The van der Waals surface area contributed by atoms with Gasteiger partial charge in [-0.2, -0.15) is 0 Å². The summed E-state index contributed by atoms with van der Waals surface area (Å²) in [4.78, 5) is 37.7. The van der Waals surface area contributed by atoms with Crippen molar-refractivity contribution in [2.75, 3.05) is 26.2 Å². The number of hydrogen-bond acceptors (Lipinski definition) is 5. The van der Waals surface area contributed by atoms with Crippen LogP contribution >= 0.6 is 11.3 Å². The zero-order chi connectivity index (χ0) is 16.8. The number of ether oxygens (including phenoxy) is 1. The molecule has 7 heteroatoms. The van der Waals surface area contributed by atoms with E-state index in [1.54, 1.807) is 22.4 Å². The maximum Gasteiger partial charge on any atom is 0.325 e. The number of esters is 1. The molecule has 6 nitrogen and oxygen atoms in total. The molecule has 2 atom stereocenters. The molecule has 126 valence electrons. The number of hydrogen-bond donors (Lipinski definition) is 1. The number of amides is 2. The van der Waals surface area contributed by atoms with Gasteiger partial charge in [-0.1, -0.05) is 19.9 Å². The summed E-state index contributed by atoms with van der Waals surface area (Å²) in [6.07, 6.45) is 1.11. The van der Waals surface area contributed by atoms with Crippen molar-refractivity contribution in [1.29, 1.82) is 0 Å². The summed E-state index contributed by atoms with van der Waals surface area (Å²) < 4.78 is 4.95. The second kappa shape index (κ2) is 8.10. The van der Waals surface area contributed by atoms with Crippen molar-refractivity contribution in [3.05, 3.63) is 22.4 Å². The number of nitrogens with zero attached hydrogens (tertiary/aromatic N) is 1. The van der Waals surface area contributed by atoms with Gasteiger partial charge in [0.05, 0.1) is 4.88 Å². The first kappa shape index (κ1) is 17.5. The van der Waals surface area contributed by atoms with Crippen molar-refractivity contribution in [3.8, 4) is 0 Å².